The first kappa shape index (κ1) is 24.0. The van der Waals surface area contributed by atoms with E-state index in [0.717, 1.165) is 24.2 Å². The maximum Gasteiger partial charge on any atom is 0.193 e. The Kier molecular flexibility index (Phi) is 7.15. The summed E-state index contributed by atoms with van der Waals surface area (Å²) in [6, 6.07) is 4.10. The Balaban J connectivity index is 1.46. The number of fused-ring (bicyclic) bond motifs is 5. The van der Waals surface area contributed by atoms with Crippen molar-refractivity contribution < 1.29 is 9.22 Å². The number of rotatable bonds is 8. The second kappa shape index (κ2) is 9.24. The zero-order chi connectivity index (χ0) is 22.3. The largest absolute Gasteiger partial charge is 0.414 e. The smallest absolute Gasteiger partial charge is 0.193 e. The molecule has 0 aliphatic heterocycles. The summed E-state index contributed by atoms with van der Waals surface area (Å²) < 4.78 is 7.22. The van der Waals surface area contributed by atoms with E-state index in [4.69, 9.17) is 4.43 Å². The summed E-state index contributed by atoms with van der Waals surface area (Å²) in [4.78, 5) is 12.7. The molecule has 0 N–H and O–H groups in total. The normalized spacial score (nSPS) is 42.7. The van der Waals surface area contributed by atoms with Gasteiger partial charge in [0.25, 0.3) is 0 Å². The van der Waals surface area contributed by atoms with Crippen LogP contribution in [-0.4, -0.2) is 20.2 Å². The van der Waals surface area contributed by atoms with E-state index in [-0.39, 0.29) is 5.41 Å². The Morgan fingerprint density at radius 3 is 2.19 bits per heavy atom. The lowest BCUT2D eigenvalue weighted by Gasteiger charge is -2.60. The molecule has 7 atom stereocenters. The molecule has 0 aromatic rings. The molecule has 0 saturated heterocycles. The van der Waals surface area contributed by atoms with Crippen molar-refractivity contribution in [3.05, 3.63) is 0 Å². The molecule has 4 saturated carbocycles. The minimum atomic E-state index is -1.57. The van der Waals surface area contributed by atoms with Crippen molar-refractivity contribution in [2.45, 2.75) is 136 Å². The average Bonchev–Trinajstić information content (AvgIpc) is 3.04. The van der Waals surface area contributed by atoms with Crippen LogP contribution in [-0.2, 0) is 9.22 Å². The SMILES string of the molecule is CCC[Si](CCC)(CCC)O[C@H]1CC[C@@]2(C)[C@H](CC[C@@H]3[C@@H]2CC[C@]2(C)C(=O)CC[C@@H]32)C1. The molecule has 4 aliphatic carbocycles. The van der Waals surface area contributed by atoms with Gasteiger partial charge in [-0.15, -0.1) is 0 Å². The molecule has 2 nitrogen and oxygen atoms in total. The monoisotopic (exact) mass is 446 g/mol. The van der Waals surface area contributed by atoms with E-state index < -0.39 is 8.32 Å². The van der Waals surface area contributed by atoms with Crippen molar-refractivity contribution in [1.29, 1.82) is 0 Å². The van der Waals surface area contributed by atoms with Crippen LogP contribution < -0.4 is 0 Å². The summed E-state index contributed by atoms with van der Waals surface area (Å²) in [7, 11) is -1.57. The highest BCUT2D eigenvalue weighted by Crippen LogP contribution is 2.65. The van der Waals surface area contributed by atoms with Gasteiger partial charge in [-0.05, 0) is 98.6 Å². The molecule has 0 amide bonds. The Morgan fingerprint density at radius 1 is 0.871 bits per heavy atom. The first-order chi connectivity index (χ1) is 14.8. The summed E-state index contributed by atoms with van der Waals surface area (Å²) in [6.45, 7) is 12.1. The number of carbonyl (C=O) groups is 1. The molecule has 4 rings (SSSR count). The molecule has 0 spiro atoms. The minimum absolute atomic E-state index is 0.0241. The number of Topliss-reactive ketones (excluding diaryl/α,β-unsaturated/α-hetero) is 1. The molecule has 0 bridgehead atoms. The fourth-order valence-corrected chi connectivity index (χ4v) is 14.1. The molecule has 0 aromatic carbocycles. The van der Waals surface area contributed by atoms with Crippen molar-refractivity contribution in [3.8, 4) is 0 Å². The number of hydrogen-bond donors (Lipinski definition) is 0. The van der Waals surface area contributed by atoms with Gasteiger partial charge in [-0.25, -0.2) is 0 Å². The van der Waals surface area contributed by atoms with Gasteiger partial charge >= 0.3 is 0 Å². The zero-order valence-corrected chi connectivity index (χ0v) is 22.3. The van der Waals surface area contributed by atoms with E-state index in [1.807, 2.05) is 0 Å². The van der Waals surface area contributed by atoms with Crippen molar-refractivity contribution in [2.24, 2.45) is 34.5 Å². The maximum absolute atomic E-state index is 12.7. The van der Waals surface area contributed by atoms with Crippen molar-refractivity contribution in [3.63, 3.8) is 0 Å². The van der Waals surface area contributed by atoms with Crippen LogP contribution in [0.1, 0.15) is 112 Å². The fourth-order valence-electron chi connectivity index (χ4n) is 9.37. The molecule has 4 fully saturated rings. The highest BCUT2D eigenvalue weighted by molar-refractivity contribution is 6.73. The Morgan fingerprint density at radius 2 is 1.55 bits per heavy atom. The van der Waals surface area contributed by atoms with E-state index in [0.29, 0.717) is 23.2 Å². The molecular weight excluding hydrogens is 396 g/mol. The molecule has 0 heterocycles. The van der Waals surface area contributed by atoms with Gasteiger partial charge in [-0.1, -0.05) is 53.9 Å². The van der Waals surface area contributed by atoms with E-state index in [1.54, 1.807) is 0 Å². The molecule has 0 aromatic heterocycles. The summed E-state index contributed by atoms with van der Waals surface area (Å²) in [5.74, 6) is 3.80. The molecule has 31 heavy (non-hydrogen) atoms. The van der Waals surface area contributed by atoms with Crippen molar-refractivity contribution >= 4 is 14.1 Å². The Labute approximate surface area is 193 Å². The van der Waals surface area contributed by atoms with Gasteiger partial charge in [0.15, 0.2) is 8.32 Å². The zero-order valence-electron chi connectivity index (χ0n) is 21.3. The Hall–Kier alpha value is -0.153. The van der Waals surface area contributed by atoms with Gasteiger partial charge in [0.1, 0.15) is 5.78 Å². The van der Waals surface area contributed by atoms with Gasteiger partial charge in [-0.3, -0.25) is 4.79 Å². The van der Waals surface area contributed by atoms with Crippen LogP contribution in [0.25, 0.3) is 0 Å². The van der Waals surface area contributed by atoms with Crippen LogP contribution >= 0.6 is 0 Å². The van der Waals surface area contributed by atoms with Gasteiger partial charge < -0.3 is 4.43 Å². The highest BCUT2D eigenvalue weighted by Gasteiger charge is 2.60. The second-order valence-electron chi connectivity index (χ2n) is 12.5. The molecule has 0 radical (unpaired) electrons. The lowest BCUT2D eigenvalue weighted by molar-refractivity contribution is -0.141. The van der Waals surface area contributed by atoms with Crippen molar-refractivity contribution in [1.82, 2.24) is 0 Å². The second-order valence-corrected chi connectivity index (χ2v) is 16.6. The third-order valence-electron chi connectivity index (χ3n) is 10.9. The highest BCUT2D eigenvalue weighted by atomic mass is 28.4. The average molecular weight is 447 g/mol. The fraction of sp³-hybridized carbons (Fsp3) is 0.964. The first-order valence-corrected chi connectivity index (χ1v) is 16.6. The van der Waals surface area contributed by atoms with Crippen LogP contribution in [0.3, 0.4) is 0 Å². The Bertz CT molecular complexity index is 630. The van der Waals surface area contributed by atoms with Gasteiger partial charge in [0, 0.05) is 17.9 Å². The van der Waals surface area contributed by atoms with Gasteiger partial charge in [-0.2, -0.15) is 0 Å². The third-order valence-corrected chi connectivity index (χ3v) is 15.9. The predicted octanol–water partition coefficient (Wildman–Crippen LogP) is 8.16. The topological polar surface area (TPSA) is 26.3 Å². The summed E-state index contributed by atoms with van der Waals surface area (Å²) >= 11 is 0. The summed E-state index contributed by atoms with van der Waals surface area (Å²) in [6.07, 6.45) is 15.7. The molecule has 4 aliphatic rings. The molecule has 0 unspecified atom stereocenters. The summed E-state index contributed by atoms with van der Waals surface area (Å²) in [5, 5.41) is 0. The summed E-state index contributed by atoms with van der Waals surface area (Å²) in [5.41, 5.74) is 0.524. The quantitative estimate of drug-likeness (QED) is 0.351. The molecule has 178 valence electrons. The minimum Gasteiger partial charge on any atom is -0.414 e. The first-order valence-electron chi connectivity index (χ1n) is 14.0. The number of hydrogen-bond acceptors (Lipinski definition) is 2. The maximum atomic E-state index is 12.7. The number of ketones is 1. The van der Waals surface area contributed by atoms with Gasteiger partial charge in [0.2, 0.25) is 0 Å². The van der Waals surface area contributed by atoms with Crippen LogP contribution in [0.15, 0.2) is 0 Å². The standard InChI is InChI=1S/C28H50O2Si/c1-6-17-31(18-7-2,19-8-3)30-22-13-15-27(4)21(20-22)9-10-23-24-11-12-26(29)28(24,5)16-14-25(23)27/h21-25H,6-20H2,1-5H3/t21-,22+,23+,24+,25+,27+,28+/m1/s1. The predicted molar refractivity (Wildman–Crippen MR) is 133 cm³/mol. The van der Waals surface area contributed by atoms with Gasteiger partial charge in [0.05, 0.1) is 0 Å². The lowest BCUT2D eigenvalue weighted by Crippen LogP contribution is -2.55. The van der Waals surface area contributed by atoms with Crippen LogP contribution in [0.5, 0.6) is 0 Å². The van der Waals surface area contributed by atoms with Crippen LogP contribution in [0.4, 0.5) is 0 Å². The van der Waals surface area contributed by atoms with Crippen LogP contribution in [0, 0.1) is 34.5 Å². The van der Waals surface area contributed by atoms with Crippen LogP contribution in [0.2, 0.25) is 18.1 Å². The third kappa shape index (κ3) is 4.13. The lowest BCUT2D eigenvalue weighted by atomic mass is 9.45. The molecular formula is C28H50O2Si. The van der Waals surface area contributed by atoms with E-state index >= 15 is 0 Å². The van der Waals surface area contributed by atoms with E-state index in [9.17, 15) is 4.79 Å². The molecule has 3 heteroatoms. The van der Waals surface area contributed by atoms with E-state index in [1.165, 1.54) is 88.8 Å². The number of carbonyl (C=O) groups excluding carboxylic acids is 1. The van der Waals surface area contributed by atoms with Crippen molar-refractivity contribution in [2.75, 3.05) is 0 Å². The van der Waals surface area contributed by atoms with E-state index in [2.05, 4.69) is 34.6 Å².